The quantitative estimate of drug-likeness (QED) is 0.101. The number of nitrogens with zero attached hydrogens (tertiary/aromatic N) is 3. The Hall–Kier alpha value is -3.34. The molecule has 0 aliphatic heterocycles. The number of halogens is 1. The lowest BCUT2D eigenvalue weighted by atomic mass is 10.1. The van der Waals surface area contributed by atoms with Crippen LogP contribution in [0.25, 0.3) is 16.6 Å². The Morgan fingerprint density at radius 3 is 2.54 bits per heavy atom. The predicted octanol–water partition coefficient (Wildman–Crippen LogP) is 3.59. The van der Waals surface area contributed by atoms with E-state index in [1.54, 1.807) is 31.2 Å². The topological polar surface area (TPSA) is 167 Å². The summed E-state index contributed by atoms with van der Waals surface area (Å²) in [7, 11) is -3.94. The molecule has 37 heavy (non-hydrogen) atoms. The molecule has 4 rings (SSSR count). The van der Waals surface area contributed by atoms with Crippen LogP contribution < -0.4 is 16.0 Å². The molecule has 4 aromatic rings. The maximum atomic E-state index is 13.5. The highest BCUT2D eigenvalue weighted by atomic mass is 127. The molecule has 0 aliphatic carbocycles. The van der Waals surface area contributed by atoms with Crippen molar-refractivity contribution in [3.63, 3.8) is 0 Å². The summed E-state index contributed by atoms with van der Waals surface area (Å²) >= 11 is 3.03. The monoisotopic (exact) mass is 651 g/mol. The number of carbonyl (C=O) groups excluding carboxylic acids is 1. The fourth-order valence-electron chi connectivity index (χ4n) is 3.52. The summed E-state index contributed by atoms with van der Waals surface area (Å²) in [6, 6.07) is 15.0. The molecule has 1 aromatic heterocycles. The number of primary sulfonamides is 1. The number of nitrogens with one attached hydrogen (secondary N) is 1. The van der Waals surface area contributed by atoms with Gasteiger partial charge in [-0.1, -0.05) is 23.9 Å². The number of amides is 1. The van der Waals surface area contributed by atoms with Crippen LogP contribution in [0.4, 0.5) is 11.4 Å². The third kappa shape index (κ3) is 5.82. The number of rotatable bonds is 7. The van der Waals surface area contributed by atoms with Crippen molar-refractivity contribution >= 4 is 72.6 Å². The smallest absolute Gasteiger partial charge is 0.293 e. The molecule has 0 radical (unpaired) electrons. The molecule has 0 aliphatic rings. The van der Waals surface area contributed by atoms with Crippen molar-refractivity contribution in [2.24, 2.45) is 5.14 Å². The van der Waals surface area contributed by atoms with Crippen molar-refractivity contribution < 1.29 is 18.1 Å². The Morgan fingerprint density at radius 2 is 1.89 bits per heavy atom. The van der Waals surface area contributed by atoms with E-state index >= 15 is 0 Å². The molecular weight excluding hydrogens is 633 g/mol. The number of nitrogens with two attached hydrogens (primary N) is 1. The number of thioether (sulfide) groups is 1. The van der Waals surface area contributed by atoms with Crippen LogP contribution in [-0.2, 0) is 14.8 Å². The summed E-state index contributed by atoms with van der Waals surface area (Å²) in [5, 5.41) is 19.6. The van der Waals surface area contributed by atoms with Crippen LogP contribution in [-0.4, -0.2) is 34.6 Å². The van der Waals surface area contributed by atoms with Gasteiger partial charge in [-0.15, -0.1) is 0 Å². The Bertz CT molecular complexity index is 1720. The fraction of sp³-hybridized carbons (Fsp3) is 0.0870. The molecule has 190 valence electrons. The number of hydrogen-bond acceptors (Lipinski definition) is 8. The highest BCUT2D eigenvalue weighted by Crippen LogP contribution is 2.28. The van der Waals surface area contributed by atoms with Crippen LogP contribution in [0.5, 0.6) is 0 Å². The van der Waals surface area contributed by atoms with Gasteiger partial charge >= 0.3 is 0 Å². The molecule has 1 heterocycles. The minimum atomic E-state index is -3.94. The lowest BCUT2D eigenvalue weighted by molar-refractivity contribution is -0.384. The number of fused-ring (bicyclic) bond motifs is 1. The second-order valence-corrected chi connectivity index (χ2v) is 11.5. The molecule has 0 spiro atoms. The summed E-state index contributed by atoms with van der Waals surface area (Å²) in [4.78, 5) is 41.4. The van der Waals surface area contributed by atoms with Crippen molar-refractivity contribution in [1.82, 2.24) is 9.55 Å². The van der Waals surface area contributed by atoms with E-state index in [4.69, 9.17) is 5.14 Å². The number of sulfonamides is 1. The van der Waals surface area contributed by atoms with E-state index in [-0.39, 0.29) is 27.2 Å². The van der Waals surface area contributed by atoms with Crippen LogP contribution in [0.3, 0.4) is 0 Å². The number of nitro groups is 1. The van der Waals surface area contributed by atoms with Crippen LogP contribution in [0.15, 0.2) is 75.5 Å². The Labute approximate surface area is 228 Å². The lowest BCUT2D eigenvalue weighted by Crippen LogP contribution is -2.23. The van der Waals surface area contributed by atoms with Crippen molar-refractivity contribution in [2.45, 2.75) is 17.0 Å². The first kappa shape index (κ1) is 26.7. The van der Waals surface area contributed by atoms with Gasteiger partial charge in [-0.05, 0) is 77.5 Å². The molecule has 0 bridgehead atoms. The van der Waals surface area contributed by atoms with E-state index in [2.05, 4.69) is 32.9 Å². The lowest BCUT2D eigenvalue weighted by Gasteiger charge is -2.14. The van der Waals surface area contributed by atoms with Gasteiger partial charge in [-0.2, -0.15) is 0 Å². The number of para-hydroxylation sites is 1. The molecule has 3 N–H and O–H groups in total. The van der Waals surface area contributed by atoms with Crippen molar-refractivity contribution in [3.8, 4) is 5.69 Å². The summed E-state index contributed by atoms with van der Waals surface area (Å²) in [6.45, 7) is 1.64. The van der Waals surface area contributed by atoms with E-state index in [0.717, 1.165) is 15.3 Å². The van der Waals surface area contributed by atoms with Gasteiger partial charge in [0.05, 0.1) is 32.2 Å². The molecule has 3 aromatic carbocycles. The number of hydrogen-bond donors (Lipinski definition) is 2. The van der Waals surface area contributed by atoms with Crippen molar-refractivity contribution in [3.05, 3.63) is 90.3 Å². The fourth-order valence-corrected chi connectivity index (χ4v) is 5.34. The number of aromatic nitrogens is 2. The number of anilines is 1. The maximum absolute atomic E-state index is 13.5. The second-order valence-electron chi connectivity index (χ2n) is 7.80. The number of benzene rings is 3. The second kappa shape index (κ2) is 10.6. The molecule has 14 heteroatoms. The molecule has 0 atom stereocenters. The third-order valence-electron chi connectivity index (χ3n) is 5.27. The Morgan fingerprint density at radius 1 is 1.19 bits per heavy atom. The summed E-state index contributed by atoms with van der Waals surface area (Å²) in [6.07, 6.45) is 0. The average molecular weight is 651 g/mol. The van der Waals surface area contributed by atoms with Gasteiger partial charge in [-0.25, -0.2) is 18.5 Å². The first-order valence-electron chi connectivity index (χ1n) is 10.5. The largest absolute Gasteiger partial charge is 0.319 e. The van der Waals surface area contributed by atoms with E-state index in [0.29, 0.717) is 22.2 Å². The highest BCUT2D eigenvalue weighted by Gasteiger charge is 2.20. The predicted molar refractivity (Wildman–Crippen MR) is 149 cm³/mol. The van der Waals surface area contributed by atoms with Gasteiger partial charge in [-0.3, -0.25) is 24.3 Å². The molecule has 0 unspecified atom stereocenters. The van der Waals surface area contributed by atoms with E-state index < -0.39 is 26.4 Å². The zero-order chi connectivity index (χ0) is 26.9. The number of nitro benzene ring substituents is 1. The number of carbonyl (C=O) groups is 1. The SMILES string of the molecule is Cc1cccc([N+](=O)[O-])c1NC(=O)CSc1nc2ccc(I)cc2c(=O)n1-c1ccc(S(N)(=O)=O)cc1. The van der Waals surface area contributed by atoms with Gasteiger partial charge in [0.15, 0.2) is 5.16 Å². The maximum Gasteiger partial charge on any atom is 0.293 e. The van der Waals surface area contributed by atoms with Gasteiger partial charge in [0, 0.05) is 9.64 Å². The van der Waals surface area contributed by atoms with Crippen molar-refractivity contribution in [2.75, 3.05) is 11.1 Å². The average Bonchev–Trinajstić information content (AvgIpc) is 2.84. The van der Waals surface area contributed by atoms with Crippen LogP contribution in [0.1, 0.15) is 5.56 Å². The summed E-state index contributed by atoms with van der Waals surface area (Å²) in [5.74, 6) is -0.737. The molecule has 0 saturated heterocycles. The van der Waals surface area contributed by atoms with Gasteiger partial charge in [0.2, 0.25) is 15.9 Å². The van der Waals surface area contributed by atoms with Gasteiger partial charge in [0.1, 0.15) is 5.69 Å². The van der Waals surface area contributed by atoms with Crippen LogP contribution >= 0.6 is 34.4 Å². The molecule has 1 amide bonds. The number of aryl methyl sites for hydroxylation is 1. The van der Waals surface area contributed by atoms with E-state index in [1.807, 2.05) is 0 Å². The normalized spacial score (nSPS) is 11.4. The minimum Gasteiger partial charge on any atom is -0.319 e. The van der Waals surface area contributed by atoms with Crippen LogP contribution in [0, 0.1) is 20.6 Å². The molecule has 0 saturated carbocycles. The standard InChI is InChI=1S/C23H18IN5O6S2/c1-13-3-2-4-19(29(32)33)21(13)27-20(30)12-36-23-26-18-10-5-14(24)11-17(18)22(31)28(23)15-6-8-16(9-7-15)37(25,34)35/h2-11H,12H2,1H3,(H,27,30)(H2,25,34,35). The first-order chi connectivity index (χ1) is 17.5. The summed E-state index contributed by atoms with van der Waals surface area (Å²) in [5.41, 5.74) is 0.712. The summed E-state index contributed by atoms with van der Waals surface area (Å²) < 4.78 is 25.4. The van der Waals surface area contributed by atoms with Gasteiger partial charge in [0.25, 0.3) is 11.2 Å². The van der Waals surface area contributed by atoms with Gasteiger partial charge < -0.3 is 5.32 Å². The highest BCUT2D eigenvalue weighted by molar-refractivity contribution is 14.1. The third-order valence-corrected chi connectivity index (χ3v) is 7.81. The van der Waals surface area contributed by atoms with Crippen molar-refractivity contribution in [1.29, 1.82) is 0 Å². The zero-order valence-corrected chi connectivity index (χ0v) is 22.8. The zero-order valence-electron chi connectivity index (χ0n) is 19.0. The molecule has 11 nitrogen and oxygen atoms in total. The minimum absolute atomic E-state index is 0.0927. The first-order valence-corrected chi connectivity index (χ1v) is 14.1. The molecule has 0 fully saturated rings. The Balaban J connectivity index is 1.72. The van der Waals surface area contributed by atoms with E-state index in [1.165, 1.54) is 41.0 Å². The van der Waals surface area contributed by atoms with E-state index in [9.17, 15) is 28.1 Å². The molecular formula is C23H18IN5O6S2. The van der Waals surface area contributed by atoms with Crippen LogP contribution in [0.2, 0.25) is 0 Å². The Kier molecular flexibility index (Phi) is 7.63.